The van der Waals surface area contributed by atoms with Crippen molar-refractivity contribution in [2.75, 3.05) is 6.54 Å². The Balaban J connectivity index is 0.00000289. The summed E-state index contributed by atoms with van der Waals surface area (Å²) in [6, 6.07) is 20.0. The first kappa shape index (κ1) is 24.1. The van der Waals surface area contributed by atoms with Crippen LogP contribution >= 0.6 is 24.0 Å². The molecule has 1 aliphatic rings. The number of aliphatic hydroxyl groups excluding tert-OH is 1. The molecule has 3 N–H and O–H groups in total. The maximum Gasteiger partial charge on any atom is 0.335 e. The monoisotopic (exact) mass is 473 g/mol. The SMILES string of the molecule is Cl.O=C(O)c1ccc(Oc2ccc3c(c2)C[C@@H](NC[C@H](O)c2cccc(Cl)c2)CC3)cc1. The van der Waals surface area contributed by atoms with E-state index in [0.717, 1.165) is 30.6 Å². The number of ether oxygens (including phenoxy) is 1. The third-order valence-electron chi connectivity index (χ3n) is 5.58. The lowest BCUT2D eigenvalue weighted by molar-refractivity contribution is 0.0697. The summed E-state index contributed by atoms with van der Waals surface area (Å²) >= 11 is 6.02. The molecule has 5 nitrogen and oxygen atoms in total. The van der Waals surface area contributed by atoms with Gasteiger partial charge in [-0.15, -0.1) is 12.4 Å². The Morgan fingerprint density at radius 2 is 1.81 bits per heavy atom. The number of carbonyl (C=O) groups is 1. The zero-order valence-corrected chi connectivity index (χ0v) is 18.9. The number of carboxylic acids is 1. The molecule has 0 aromatic heterocycles. The Labute approximate surface area is 198 Å². The molecular weight excluding hydrogens is 449 g/mol. The second kappa shape index (κ2) is 10.8. The highest BCUT2D eigenvalue weighted by atomic mass is 35.5. The Hall–Kier alpha value is -2.57. The van der Waals surface area contributed by atoms with E-state index in [9.17, 15) is 9.90 Å². The number of benzene rings is 3. The Kier molecular flexibility index (Phi) is 8.15. The molecule has 0 saturated heterocycles. The van der Waals surface area contributed by atoms with E-state index in [1.54, 1.807) is 24.3 Å². The molecule has 0 radical (unpaired) electrons. The van der Waals surface area contributed by atoms with Crippen molar-refractivity contribution in [3.8, 4) is 11.5 Å². The number of aryl methyl sites for hydroxylation is 1. The molecule has 7 heteroatoms. The molecule has 1 aliphatic carbocycles. The van der Waals surface area contributed by atoms with Gasteiger partial charge in [-0.1, -0.05) is 29.8 Å². The second-order valence-electron chi connectivity index (χ2n) is 7.78. The molecule has 0 spiro atoms. The van der Waals surface area contributed by atoms with Gasteiger partial charge in [0.05, 0.1) is 11.7 Å². The van der Waals surface area contributed by atoms with Gasteiger partial charge in [0.2, 0.25) is 0 Å². The van der Waals surface area contributed by atoms with Gasteiger partial charge in [-0.05, 0) is 84.5 Å². The summed E-state index contributed by atoms with van der Waals surface area (Å²) in [5.74, 6) is 0.362. The largest absolute Gasteiger partial charge is 0.478 e. The fourth-order valence-electron chi connectivity index (χ4n) is 3.88. The molecule has 0 heterocycles. The highest BCUT2D eigenvalue weighted by molar-refractivity contribution is 6.30. The summed E-state index contributed by atoms with van der Waals surface area (Å²) < 4.78 is 5.92. The minimum Gasteiger partial charge on any atom is -0.478 e. The van der Waals surface area contributed by atoms with Crippen LogP contribution < -0.4 is 10.1 Å². The zero-order valence-electron chi connectivity index (χ0n) is 17.3. The number of aliphatic hydroxyl groups is 1. The molecule has 0 fully saturated rings. The number of hydrogen-bond acceptors (Lipinski definition) is 4. The van der Waals surface area contributed by atoms with Crippen molar-refractivity contribution < 1.29 is 19.7 Å². The van der Waals surface area contributed by atoms with Gasteiger partial charge in [0.25, 0.3) is 0 Å². The van der Waals surface area contributed by atoms with Crippen LogP contribution in [0.1, 0.15) is 39.6 Å². The summed E-state index contributed by atoms with van der Waals surface area (Å²) in [4.78, 5) is 11.0. The molecule has 4 rings (SSSR count). The molecule has 3 aromatic carbocycles. The predicted molar refractivity (Wildman–Crippen MR) is 127 cm³/mol. The number of carboxylic acid groups (broad SMARTS) is 1. The Bertz CT molecular complexity index is 1070. The molecule has 0 saturated carbocycles. The molecular formula is C25H25Cl2NO4. The van der Waals surface area contributed by atoms with Crippen molar-refractivity contribution in [1.29, 1.82) is 0 Å². The zero-order chi connectivity index (χ0) is 21.8. The normalized spacial score (nSPS) is 15.9. The van der Waals surface area contributed by atoms with Crippen molar-refractivity contribution >= 4 is 30.0 Å². The lowest BCUT2D eigenvalue weighted by Gasteiger charge is -2.27. The molecule has 32 heavy (non-hydrogen) atoms. The van der Waals surface area contributed by atoms with Crippen LogP contribution in [0.3, 0.4) is 0 Å². The van der Waals surface area contributed by atoms with E-state index in [2.05, 4.69) is 11.4 Å². The van der Waals surface area contributed by atoms with E-state index in [1.807, 2.05) is 24.3 Å². The fraction of sp³-hybridized carbons (Fsp3) is 0.240. The van der Waals surface area contributed by atoms with Gasteiger partial charge in [-0.2, -0.15) is 0 Å². The van der Waals surface area contributed by atoms with Crippen molar-refractivity contribution in [3.63, 3.8) is 0 Å². The quantitative estimate of drug-likeness (QED) is 0.426. The third kappa shape index (κ3) is 6.02. The lowest BCUT2D eigenvalue weighted by Crippen LogP contribution is -2.37. The van der Waals surface area contributed by atoms with Crippen LogP contribution in [0, 0.1) is 0 Å². The molecule has 0 bridgehead atoms. The van der Waals surface area contributed by atoms with Gasteiger partial charge in [-0.3, -0.25) is 0 Å². The predicted octanol–water partition coefficient (Wildman–Crippen LogP) is 5.43. The Morgan fingerprint density at radius 1 is 1.06 bits per heavy atom. The van der Waals surface area contributed by atoms with Crippen molar-refractivity contribution in [2.45, 2.75) is 31.4 Å². The summed E-state index contributed by atoms with van der Waals surface area (Å²) in [5, 5.41) is 23.6. The minimum atomic E-state index is -0.959. The third-order valence-corrected chi connectivity index (χ3v) is 5.81. The van der Waals surface area contributed by atoms with Gasteiger partial charge < -0.3 is 20.3 Å². The highest BCUT2D eigenvalue weighted by Gasteiger charge is 2.20. The maximum atomic E-state index is 11.0. The van der Waals surface area contributed by atoms with E-state index < -0.39 is 12.1 Å². The van der Waals surface area contributed by atoms with Crippen molar-refractivity contribution in [2.24, 2.45) is 0 Å². The fourth-order valence-corrected chi connectivity index (χ4v) is 4.08. The average Bonchev–Trinajstić information content (AvgIpc) is 2.77. The van der Waals surface area contributed by atoms with E-state index in [0.29, 0.717) is 17.3 Å². The van der Waals surface area contributed by atoms with Crippen molar-refractivity contribution in [3.05, 3.63) is 94.0 Å². The van der Waals surface area contributed by atoms with Gasteiger partial charge in [0.1, 0.15) is 11.5 Å². The second-order valence-corrected chi connectivity index (χ2v) is 8.22. The molecule has 2 atom stereocenters. The molecule has 0 unspecified atom stereocenters. The van der Waals surface area contributed by atoms with Gasteiger partial charge in [0, 0.05) is 17.6 Å². The number of fused-ring (bicyclic) bond motifs is 1. The number of rotatable bonds is 7. The standard InChI is InChI=1S/C25H24ClNO4.ClH/c26-20-3-1-2-18(12-20)24(28)15-27-21-8-4-16-5-11-23(14-19(16)13-21)31-22-9-6-17(7-10-22)25(29)30;/h1-3,5-7,9-12,14,21,24,27-28H,4,8,13,15H2,(H,29,30);1H/t21-,24-;/m0./s1. The number of halogens is 2. The molecule has 0 amide bonds. The van der Waals surface area contributed by atoms with Crippen LogP contribution in [-0.4, -0.2) is 28.8 Å². The Morgan fingerprint density at radius 3 is 2.53 bits per heavy atom. The smallest absolute Gasteiger partial charge is 0.335 e. The first-order valence-electron chi connectivity index (χ1n) is 10.3. The van der Waals surface area contributed by atoms with Crippen LogP contribution in [0.25, 0.3) is 0 Å². The van der Waals surface area contributed by atoms with Gasteiger partial charge >= 0.3 is 5.97 Å². The number of aromatic carboxylic acids is 1. The minimum absolute atomic E-state index is 0. The summed E-state index contributed by atoms with van der Waals surface area (Å²) in [5.41, 5.74) is 3.56. The van der Waals surface area contributed by atoms with Crippen molar-refractivity contribution in [1.82, 2.24) is 5.32 Å². The summed E-state index contributed by atoms with van der Waals surface area (Å²) in [6.07, 6.45) is 2.22. The van der Waals surface area contributed by atoms with E-state index in [1.165, 1.54) is 23.3 Å². The first-order valence-corrected chi connectivity index (χ1v) is 10.7. The summed E-state index contributed by atoms with van der Waals surface area (Å²) in [7, 11) is 0. The topological polar surface area (TPSA) is 78.8 Å². The van der Waals surface area contributed by atoms with Crippen LogP contribution in [0.15, 0.2) is 66.7 Å². The lowest BCUT2D eigenvalue weighted by atomic mass is 9.88. The molecule has 0 aliphatic heterocycles. The summed E-state index contributed by atoms with van der Waals surface area (Å²) in [6.45, 7) is 0.465. The van der Waals surface area contributed by atoms with Gasteiger partial charge in [0.15, 0.2) is 0 Å². The molecule has 3 aromatic rings. The number of hydrogen-bond donors (Lipinski definition) is 3. The van der Waals surface area contributed by atoms with Crippen LogP contribution in [0.4, 0.5) is 0 Å². The number of nitrogens with one attached hydrogen (secondary N) is 1. The maximum absolute atomic E-state index is 11.0. The van der Waals surface area contributed by atoms with E-state index in [-0.39, 0.29) is 24.0 Å². The highest BCUT2D eigenvalue weighted by Crippen LogP contribution is 2.29. The average molecular weight is 474 g/mol. The van der Waals surface area contributed by atoms with Crippen LogP contribution in [-0.2, 0) is 12.8 Å². The molecule has 168 valence electrons. The van der Waals surface area contributed by atoms with Crippen LogP contribution in [0.2, 0.25) is 5.02 Å². The van der Waals surface area contributed by atoms with E-state index >= 15 is 0 Å². The van der Waals surface area contributed by atoms with Gasteiger partial charge in [-0.25, -0.2) is 4.79 Å². The van der Waals surface area contributed by atoms with Crippen LogP contribution in [0.5, 0.6) is 11.5 Å². The van der Waals surface area contributed by atoms with E-state index in [4.69, 9.17) is 21.4 Å². The first-order chi connectivity index (χ1) is 15.0.